The summed E-state index contributed by atoms with van der Waals surface area (Å²) in [7, 11) is 0. The van der Waals surface area contributed by atoms with Crippen LogP contribution in [0.2, 0.25) is 0 Å². The van der Waals surface area contributed by atoms with Crippen LogP contribution in [0.1, 0.15) is 60.0 Å². The Kier molecular flexibility index (Phi) is 38.8. The van der Waals surface area contributed by atoms with E-state index < -0.39 is 0 Å². The molecule has 9 nitrogen and oxygen atoms in total. The number of hydrogen-bond donors (Lipinski definition) is 2. The first-order valence-electron chi connectivity index (χ1n) is 14.8. The Balaban J connectivity index is -0.000000359. The minimum Gasteiger partial charge on any atom is -1.00 e. The molecule has 0 unspecified atom stereocenters. The number of phenolic OH excluding ortho intramolecular Hbond substituents is 2. The molecular weight excluding hydrogens is 853 g/mol. The minimum absolute atomic E-state index is 0. The summed E-state index contributed by atoms with van der Waals surface area (Å²) >= 11 is 19.7. The fourth-order valence-electron chi connectivity index (χ4n) is 3.50. The number of hydrogen-bond acceptors (Lipinski definition) is 9. The number of alkyl halides is 4. The van der Waals surface area contributed by atoms with E-state index in [9.17, 15) is 9.59 Å². The molecule has 0 atom stereocenters. The van der Waals surface area contributed by atoms with Gasteiger partial charge in [0.05, 0.1) is 13.2 Å². The first kappa shape index (κ1) is 55.8. The van der Waals surface area contributed by atoms with E-state index in [4.69, 9.17) is 64.5 Å². The summed E-state index contributed by atoms with van der Waals surface area (Å²) in [6.45, 7) is 0.962. The Morgan fingerprint density at radius 3 is 1.10 bits per heavy atom. The molecule has 4 rings (SSSR count). The molecule has 0 bridgehead atoms. The third-order valence-electron chi connectivity index (χ3n) is 5.89. The van der Waals surface area contributed by atoms with E-state index in [0.29, 0.717) is 47.2 Å². The van der Waals surface area contributed by atoms with Crippen molar-refractivity contribution in [2.24, 2.45) is 0 Å². The van der Waals surface area contributed by atoms with E-state index >= 15 is 0 Å². The average Bonchev–Trinajstić information content (AvgIpc) is 3.13. The molecule has 0 saturated heterocycles. The predicted octanol–water partition coefficient (Wildman–Crippen LogP) is 2.46. The van der Waals surface area contributed by atoms with Gasteiger partial charge in [-0.2, -0.15) is 0 Å². The summed E-state index contributed by atoms with van der Waals surface area (Å²) in [5.41, 5.74) is 2.25. The summed E-state index contributed by atoms with van der Waals surface area (Å²) in [6, 6.07) is 26.4. The minimum atomic E-state index is -0.181. The molecule has 0 fully saturated rings. The molecule has 4 aromatic rings. The van der Waals surface area contributed by atoms with Crippen molar-refractivity contribution in [2.75, 3.05) is 36.2 Å². The Hall–Kier alpha value is -0.527. The van der Waals surface area contributed by atoms with Crippen LogP contribution in [-0.4, -0.2) is 64.4 Å². The standard InChI is InChI=1S/C19H20Cl2O3.C13H10O3.C3H6BrCl.CH2O3.CH4.2K.H/c20-11-1-13-23-17-7-3-15(4-8-17)19(22)16-5-9-18(10-6-16)24-14-2-12-21;14-11-5-1-9(2-6-11)13(16)10-3-7-12(15)8-4-10;4-2-1-3-5;2-1-4-3;;;;/h3-10H,1-2,11-14H2;1-8,14-15H;1-3H2;1,3H;1H4;;;/q;;;;;2*+1;-1/p-1. The van der Waals surface area contributed by atoms with E-state index in [1.165, 1.54) is 24.3 Å². The molecular formula is C37H42BrCl3K2O9. The molecule has 0 heterocycles. The van der Waals surface area contributed by atoms with Gasteiger partial charge < -0.3 is 31.3 Å². The molecule has 0 spiro atoms. The second-order valence-corrected chi connectivity index (χ2v) is 11.4. The first-order valence-corrected chi connectivity index (χ1v) is 17.6. The van der Waals surface area contributed by atoms with Crippen LogP contribution < -0.4 is 118 Å². The zero-order valence-electron chi connectivity index (χ0n) is 29.4. The number of carbonyl (C=O) groups excluding carboxylic acids is 3. The van der Waals surface area contributed by atoms with Crippen molar-refractivity contribution in [1.82, 2.24) is 0 Å². The number of ether oxygens (including phenoxy) is 2. The summed E-state index contributed by atoms with van der Waals surface area (Å²) in [4.78, 5) is 35.6. The van der Waals surface area contributed by atoms with Crippen molar-refractivity contribution in [3.63, 3.8) is 0 Å². The number of phenols is 2. The predicted molar refractivity (Wildman–Crippen MR) is 202 cm³/mol. The third-order valence-corrected chi connectivity index (χ3v) is 7.25. The monoisotopic (exact) mass is 892 g/mol. The van der Waals surface area contributed by atoms with E-state index in [-0.39, 0.29) is 141 Å². The summed E-state index contributed by atoms with van der Waals surface area (Å²) in [5, 5.41) is 27.7. The maximum atomic E-state index is 12.5. The molecule has 274 valence electrons. The molecule has 0 radical (unpaired) electrons. The van der Waals surface area contributed by atoms with E-state index in [1.807, 2.05) is 0 Å². The Morgan fingerprint density at radius 1 is 0.615 bits per heavy atom. The number of rotatable bonds is 15. The van der Waals surface area contributed by atoms with Crippen LogP contribution in [0.3, 0.4) is 0 Å². The zero-order chi connectivity index (χ0) is 36.3. The maximum Gasteiger partial charge on any atom is 1.00 e. The van der Waals surface area contributed by atoms with Crippen LogP contribution in [-0.2, 0) is 9.68 Å². The van der Waals surface area contributed by atoms with Crippen molar-refractivity contribution in [2.45, 2.75) is 26.7 Å². The molecule has 4 aromatic carbocycles. The van der Waals surface area contributed by atoms with Crippen molar-refractivity contribution in [3.8, 4) is 23.0 Å². The quantitative estimate of drug-likeness (QED) is 0.0351. The van der Waals surface area contributed by atoms with Gasteiger partial charge in [-0.1, -0.05) is 23.4 Å². The molecule has 0 aliphatic heterocycles. The SMILES string of the molecule is C.ClCCCBr.O=C(c1ccc(O)cc1)c1ccc(O)cc1.O=C(c1ccc(OCCCCl)cc1)c1ccc(OCCCCl)cc1.O=CO[O-].[H-].[K+].[K+]. The summed E-state index contributed by atoms with van der Waals surface area (Å²) in [6.07, 6.45) is 2.66. The third kappa shape index (κ3) is 24.8. The normalized spacial score (nSPS) is 9.10. The second-order valence-electron chi connectivity index (χ2n) is 9.51. The number of carbonyl (C=O) groups is 3. The number of ketones is 2. The van der Waals surface area contributed by atoms with Crippen molar-refractivity contribution < 1.29 is 148 Å². The molecule has 0 aliphatic rings. The Morgan fingerprint density at radius 2 is 0.885 bits per heavy atom. The van der Waals surface area contributed by atoms with Gasteiger partial charge in [0.15, 0.2) is 11.6 Å². The Labute approximate surface area is 416 Å². The van der Waals surface area contributed by atoms with Crippen LogP contribution >= 0.6 is 50.7 Å². The van der Waals surface area contributed by atoms with E-state index in [2.05, 4.69) is 20.8 Å². The van der Waals surface area contributed by atoms with Gasteiger partial charge in [-0.05, 0) is 116 Å². The zero-order valence-corrected chi connectivity index (χ0v) is 38.5. The second kappa shape index (κ2) is 36.1. The topological polar surface area (TPSA) is 142 Å². The number of halogens is 4. The van der Waals surface area contributed by atoms with Crippen LogP contribution in [0, 0.1) is 0 Å². The van der Waals surface area contributed by atoms with Crippen molar-refractivity contribution in [1.29, 1.82) is 0 Å². The molecule has 2 N–H and O–H groups in total. The van der Waals surface area contributed by atoms with Crippen LogP contribution in [0.25, 0.3) is 0 Å². The smallest absolute Gasteiger partial charge is 1.00 e. The molecule has 15 heteroatoms. The van der Waals surface area contributed by atoms with Gasteiger partial charge in [-0.25, -0.2) is 0 Å². The summed E-state index contributed by atoms with van der Waals surface area (Å²) in [5.74, 6) is 3.47. The molecule has 0 aliphatic carbocycles. The Bertz CT molecular complexity index is 1380. The van der Waals surface area contributed by atoms with Gasteiger partial charge in [0, 0.05) is 45.2 Å². The fraction of sp³-hybridized carbons (Fsp3) is 0.270. The van der Waals surface area contributed by atoms with Gasteiger partial charge >= 0.3 is 103 Å². The van der Waals surface area contributed by atoms with Crippen LogP contribution in [0.4, 0.5) is 0 Å². The van der Waals surface area contributed by atoms with Gasteiger partial charge in [-0.15, -0.1) is 34.8 Å². The van der Waals surface area contributed by atoms with E-state index in [0.717, 1.165) is 42.0 Å². The number of benzene rings is 4. The molecule has 0 saturated carbocycles. The molecule has 0 aromatic heterocycles. The van der Waals surface area contributed by atoms with Gasteiger partial charge in [0.1, 0.15) is 23.0 Å². The van der Waals surface area contributed by atoms with Crippen molar-refractivity contribution >= 4 is 68.8 Å². The first-order chi connectivity index (χ1) is 23.7. The van der Waals surface area contributed by atoms with E-state index in [1.54, 1.807) is 72.8 Å². The fourth-order valence-corrected chi connectivity index (χ4v) is 4.46. The molecule has 52 heavy (non-hydrogen) atoms. The average molecular weight is 895 g/mol. The van der Waals surface area contributed by atoms with Crippen LogP contribution in [0.15, 0.2) is 97.1 Å². The van der Waals surface area contributed by atoms with Crippen LogP contribution in [0.5, 0.6) is 23.0 Å². The molecule has 0 amide bonds. The van der Waals surface area contributed by atoms with Gasteiger partial charge in [0.25, 0.3) is 6.47 Å². The number of aromatic hydroxyl groups is 2. The summed E-state index contributed by atoms with van der Waals surface area (Å²) < 4.78 is 11.1. The van der Waals surface area contributed by atoms with Gasteiger partial charge in [-0.3, -0.25) is 14.4 Å². The maximum absolute atomic E-state index is 12.5. The van der Waals surface area contributed by atoms with Crippen molar-refractivity contribution in [3.05, 3.63) is 119 Å². The van der Waals surface area contributed by atoms with Gasteiger partial charge in [0.2, 0.25) is 0 Å². The largest absolute Gasteiger partial charge is 1.00 e.